The fourth-order valence-corrected chi connectivity index (χ4v) is 6.31. The highest BCUT2D eigenvalue weighted by Crippen LogP contribution is 2.38. The molecule has 236 valence electrons. The quantitative estimate of drug-likeness (QED) is 0.161. The summed E-state index contributed by atoms with van der Waals surface area (Å²) in [5, 5.41) is 15.7. The molecule has 1 unspecified atom stereocenters. The first-order valence-corrected chi connectivity index (χ1v) is 15.3. The van der Waals surface area contributed by atoms with Crippen molar-refractivity contribution in [3.05, 3.63) is 76.6 Å². The maximum atomic E-state index is 13.9. The molecule has 15 nitrogen and oxygen atoms in total. The average molecular weight is 638 g/mol. The van der Waals surface area contributed by atoms with E-state index in [-0.39, 0.29) is 41.7 Å². The number of aromatic nitrogens is 2. The lowest BCUT2D eigenvalue weighted by Crippen LogP contribution is -2.50. The number of ether oxygens (including phenoxy) is 2. The van der Waals surface area contributed by atoms with Crippen molar-refractivity contribution in [3.8, 4) is 11.5 Å². The first-order chi connectivity index (χ1) is 21.4. The number of sulfone groups is 1. The van der Waals surface area contributed by atoms with E-state index < -0.39 is 42.3 Å². The van der Waals surface area contributed by atoms with E-state index in [1.807, 2.05) is 0 Å². The van der Waals surface area contributed by atoms with E-state index >= 15 is 0 Å². The van der Waals surface area contributed by atoms with Gasteiger partial charge in [0.05, 0.1) is 40.8 Å². The molecular formula is C29H31N7O8S. The van der Waals surface area contributed by atoms with Crippen molar-refractivity contribution in [2.24, 2.45) is 5.73 Å². The summed E-state index contributed by atoms with van der Waals surface area (Å²) in [5.74, 6) is -1.19. The zero-order valence-corrected chi connectivity index (χ0v) is 25.2. The van der Waals surface area contributed by atoms with Crippen LogP contribution in [0.15, 0.2) is 70.7 Å². The van der Waals surface area contributed by atoms with Gasteiger partial charge in [0.1, 0.15) is 22.0 Å². The third-order valence-electron chi connectivity index (χ3n) is 7.07. The number of likely N-dealkylation sites (N-methyl/N-ethyl adjacent to an activating group) is 1. The van der Waals surface area contributed by atoms with E-state index in [9.17, 15) is 28.1 Å². The van der Waals surface area contributed by atoms with Gasteiger partial charge in [-0.05, 0) is 50.5 Å². The van der Waals surface area contributed by atoms with Crippen LogP contribution in [0.1, 0.15) is 10.4 Å². The molecule has 1 fully saturated rings. The SMILES string of the molecule is CN(C)CC(=O)N1CCOC(CNc2ccc(S(=O)(=O)c3cccc(C(N)=O)c3Oc3cnc4[nH]ccc4c3)cc2[N+](=O)[O-])C1. The Hall–Kier alpha value is -5.06. The van der Waals surface area contributed by atoms with Crippen molar-refractivity contribution in [1.82, 2.24) is 19.8 Å². The molecule has 2 aromatic carbocycles. The topological polar surface area (TPSA) is 203 Å². The second-order valence-corrected chi connectivity index (χ2v) is 12.5. The number of pyridine rings is 1. The molecule has 1 aliphatic heterocycles. The maximum Gasteiger partial charge on any atom is 0.293 e. The van der Waals surface area contributed by atoms with Gasteiger partial charge in [0, 0.05) is 37.3 Å². The molecule has 4 aromatic rings. The number of H-pyrrole nitrogens is 1. The van der Waals surface area contributed by atoms with Crippen LogP contribution >= 0.6 is 0 Å². The number of nitrogens with zero attached hydrogens (tertiary/aromatic N) is 4. The lowest BCUT2D eigenvalue weighted by Gasteiger charge is -2.33. The maximum absolute atomic E-state index is 13.9. The second-order valence-electron chi connectivity index (χ2n) is 10.6. The zero-order valence-electron chi connectivity index (χ0n) is 24.4. The molecule has 0 spiro atoms. The largest absolute Gasteiger partial charge is 0.453 e. The fraction of sp³-hybridized carbons (Fsp3) is 0.276. The van der Waals surface area contributed by atoms with Crippen LogP contribution in [0.5, 0.6) is 11.5 Å². The summed E-state index contributed by atoms with van der Waals surface area (Å²) >= 11 is 0. The Morgan fingerprint density at radius 2 is 2.04 bits per heavy atom. The molecule has 45 heavy (non-hydrogen) atoms. The summed E-state index contributed by atoms with van der Waals surface area (Å²) in [5.41, 5.74) is 5.49. The van der Waals surface area contributed by atoms with E-state index in [0.29, 0.717) is 30.7 Å². The van der Waals surface area contributed by atoms with Crippen LogP contribution in [0.2, 0.25) is 0 Å². The molecule has 0 radical (unpaired) electrons. The van der Waals surface area contributed by atoms with Gasteiger partial charge < -0.3 is 35.3 Å². The number of aromatic amines is 1. The van der Waals surface area contributed by atoms with Gasteiger partial charge in [0.25, 0.3) is 11.6 Å². The van der Waals surface area contributed by atoms with Gasteiger partial charge in [-0.3, -0.25) is 19.7 Å². The number of carbonyl (C=O) groups is 2. The van der Waals surface area contributed by atoms with E-state index in [1.54, 1.807) is 42.2 Å². The lowest BCUT2D eigenvalue weighted by atomic mass is 10.2. The summed E-state index contributed by atoms with van der Waals surface area (Å²) in [6, 6.07) is 10.6. The van der Waals surface area contributed by atoms with Gasteiger partial charge in [0.2, 0.25) is 15.7 Å². The van der Waals surface area contributed by atoms with Gasteiger partial charge >= 0.3 is 0 Å². The standard InChI is InChI=1S/C29H31N7O8S/c1-34(2)17-26(37)35-10-11-43-20(16-35)15-32-23-7-6-21(13-24(23)36(39)40)45(41,42)25-5-3-4-22(28(30)38)27(25)44-19-12-18-8-9-31-29(18)33-14-19/h3-9,12-14,20,32H,10-11,15-17H2,1-2H3,(H2,30,38)(H,31,33). The molecule has 2 amide bonds. The normalized spacial score (nSPS) is 15.3. The number of nitrogens with one attached hydrogen (secondary N) is 2. The van der Waals surface area contributed by atoms with Gasteiger partial charge in [-0.15, -0.1) is 0 Å². The Balaban J connectivity index is 1.42. The molecule has 1 atom stereocenters. The average Bonchev–Trinajstić information content (AvgIpc) is 3.47. The number of amides is 2. The molecule has 0 aliphatic carbocycles. The van der Waals surface area contributed by atoms with Crippen molar-refractivity contribution in [3.63, 3.8) is 0 Å². The minimum atomic E-state index is -4.48. The number of para-hydroxylation sites is 1. The smallest absolute Gasteiger partial charge is 0.293 e. The monoisotopic (exact) mass is 637 g/mol. The van der Waals surface area contributed by atoms with E-state index in [0.717, 1.165) is 6.07 Å². The molecule has 2 aromatic heterocycles. The number of benzene rings is 2. The van der Waals surface area contributed by atoms with Gasteiger partial charge in [-0.25, -0.2) is 13.4 Å². The van der Waals surface area contributed by atoms with Crippen molar-refractivity contribution in [1.29, 1.82) is 0 Å². The van der Waals surface area contributed by atoms with Crippen LogP contribution < -0.4 is 15.8 Å². The third-order valence-corrected chi connectivity index (χ3v) is 8.84. The molecule has 0 saturated carbocycles. The number of carbonyl (C=O) groups excluding carboxylic acids is 2. The van der Waals surface area contributed by atoms with E-state index in [2.05, 4.69) is 15.3 Å². The van der Waals surface area contributed by atoms with Crippen molar-refractivity contribution in [2.75, 3.05) is 52.2 Å². The molecule has 0 bridgehead atoms. The number of morpholine rings is 1. The number of nitrogens with two attached hydrogens (primary N) is 1. The molecule has 1 aliphatic rings. The predicted molar refractivity (Wildman–Crippen MR) is 163 cm³/mol. The van der Waals surface area contributed by atoms with Crippen LogP contribution in [0, 0.1) is 10.1 Å². The summed E-state index contributed by atoms with van der Waals surface area (Å²) < 4.78 is 39.4. The van der Waals surface area contributed by atoms with Crippen molar-refractivity contribution >= 4 is 44.1 Å². The second kappa shape index (κ2) is 12.9. The highest BCUT2D eigenvalue weighted by molar-refractivity contribution is 7.91. The summed E-state index contributed by atoms with van der Waals surface area (Å²) in [7, 11) is -0.886. The number of fused-ring (bicyclic) bond motifs is 1. The Morgan fingerprint density at radius 3 is 2.78 bits per heavy atom. The molecule has 1 saturated heterocycles. The van der Waals surface area contributed by atoms with Crippen molar-refractivity contribution < 1.29 is 32.4 Å². The van der Waals surface area contributed by atoms with Gasteiger partial charge in [0.15, 0.2) is 5.75 Å². The van der Waals surface area contributed by atoms with E-state index in [1.165, 1.54) is 36.5 Å². The molecular weight excluding hydrogens is 606 g/mol. The number of nitro benzene ring substituents is 1. The Labute approximate surface area is 258 Å². The van der Waals surface area contributed by atoms with Crippen molar-refractivity contribution in [2.45, 2.75) is 15.9 Å². The minimum Gasteiger partial charge on any atom is -0.453 e. The Kier molecular flexibility index (Phi) is 8.99. The number of hydrogen-bond donors (Lipinski definition) is 3. The summed E-state index contributed by atoms with van der Waals surface area (Å²) in [4.78, 5) is 45.9. The summed E-state index contributed by atoms with van der Waals surface area (Å²) in [6.07, 6.45) is 2.58. The highest BCUT2D eigenvalue weighted by Gasteiger charge is 2.30. The van der Waals surface area contributed by atoms with Crippen LogP contribution in [0.3, 0.4) is 0 Å². The van der Waals surface area contributed by atoms with Crippen LogP contribution in [0.25, 0.3) is 11.0 Å². The van der Waals surface area contributed by atoms with E-state index in [4.69, 9.17) is 15.2 Å². The molecule has 5 rings (SSSR count). The first-order valence-electron chi connectivity index (χ1n) is 13.8. The number of primary amides is 1. The van der Waals surface area contributed by atoms with Gasteiger partial charge in [-0.1, -0.05) is 6.07 Å². The number of hydrogen-bond acceptors (Lipinski definition) is 11. The highest BCUT2D eigenvalue weighted by atomic mass is 32.2. The van der Waals surface area contributed by atoms with Crippen LogP contribution in [-0.2, 0) is 19.4 Å². The summed E-state index contributed by atoms with van der Waals surface area (Å²) in [6.45, 7) is 1.43. The predicted octanol–water partition coefficient (Wildman–Crippen LogP) is 2.40. The number of rotatable bonds is 11. The first kappa shape index (κ1) is 31.4. The molecule has 3 heterocycles. The third kappa shape index (κ3) is 6.87. The van der Waals surface area contributed by atoms with Crippen LogP contribution in [0.4, 0.5) is 11.4 Å². The van der Waals surface area contributed by atoms with Gasteiger partial charge in [-0.2, -0.15) is 0 Å². The minimum absolute atomic E-state index is 0.0566. The lowest BCUT2D eigenvalue weighted by molar-refractivity contribution is -0.384. The molecule has 16 heteroatoms. The number of anilines is 1. The fourth-order valence-electron chi connectivity index (χ4n) is 4.89. The van der Waals surface area contributed by atoms with Crippen LogP contribution in [-0.4, -0.2) is 97.9 Å². The Morgan fingerprint density at radius 1 is 1.24 bits per heavy atom. The Bertz CT molecular complexity index is 1880. The zero-order chi connectivity index (χ0) is 32.3. The molecule has 4 N–H and O–H groups in total. The number of nitro groups is 1.